The first-order valence-corrected chi connectivity index (χ1v) is 3.67. The van der Waals surface area contributed by atoms with Crippen molar-refractivity contribution < 1.29 is 14.3 Å². The fourth-order valence-corrected chi connectivity index (χ4v) is 0.467. The smallest absolute Gasteiger partial charge is 0.333 e. The summed E-state index contributed by atoms with van der Waals surface area (Å²) < 4.78 is 9.32. The van der Waals surface area contributed by atoms with E-state index in [9.17, 15) is 4.79 Å². The van der Waals surface area contributed by atoms with Gasteiger partial charge >= 0.3 is 5.97 Å². The van der Waals surface area contributed by atoms with E-state index in [2.05, 4.69) is 11.7 Å². The molecule has 11 heavy (non-hydrogen) atoms. The summed E-state index contributed by atoms with van der Waals surface area (Å²) in [6, 6.07) is 0. The molecule has 3 nitrogen and oxygen atoms in total. The van der Waals surface area contributed by atoms with Crippen LogP contribution >= 0.6 is 0 Å². The molecule has 0 aromatic carbocycles. The molecule has 0 saturated heterocycles. The summed E-state index contributed by atoms with van der Waals surface area (Å²) in [6.07, 6.45) is 4.72. The number of hydrogen-bond acceptors (Lipinski definition) is 3. The lowest BCUT2D eigenvalue weighted by atomic mass is 10.4. The van der Waals surface area contributed by atoms with Crippen LogP contribution in [0.5, 0.6) is 0 Å². The van der Waals surface area contributed by atoms with Crippen molar-refractivity contribution in [2.24, 2.45) is 0 Å². The molecule has 0 unspecified atom stereocenters. The Kier molecular flexibility index (Phi) is 6.48. The van der Waals surface area contributed by atoms with Gasteiger partial charge in [-0.2, -0.15) is 0 Å². The molecule has 3 heteroatoms. The summed E-state index contributed by atoms with van der Waals surface area (Å²) in [5, 5.41) is 0. The Hall–Kier alpha value is -0.990. The van der Waals surface area contributed by atoms with Gasteiger partial charge < -0.3 is 9.47 Å². The Bertz CT molecular complexity index is 129. The van der Waals surface area contributed by atoms with Crippen molar-refractivity contribution in [2.45, 2.75) is 19.8 Å². The van der Waals surface area contributed by atoms with E-state index in [0.29, 0.717) is 6.61 Å². The predicted molar refractivity (Wildman–Crippen MR) is 42.0 cm³/mol. The van der Waals surface area contributed by atoms with E-state index >= 15 is 0 Å². The van der Waals surface area contributed by atoms with Gasteiger partial charge in [-0.3, -0.25) is 0 Å². The zero-order chi connectivity index (χ0) is 8.53. The number of hydrogen-bond donors (Lipinski definition) is 0. The SMILES string of the molecule is CCCCO/C=C/C(=O)OC. The lowest BCUT2D eigenvalue weighted by Gasteiger charge is -1.96. The molecule has 0 saturated carbocycles. The second-order valence-corrected chi connectivity index (χ2v) is 2.05. The molecule has 0 spiro atoms. The van der Waals surface area contributed by atoms with Crippen LogP contribution in [0.2, 0.25) is 0 Å². The van der Waals surface area contributed by atoms with Crippen LogP contribution in [0.3, 0.4) is 0 Å². The minimum atomic E-state index is -0.388. The van der Waals surface area contributed by atoms with Crippen molar-refractivity contribution in [3.8, 4) is 0 Å². The molecule has 0 heterocycles. The second-order valence-electron chi connectivity index (χ2n) is 2.05. The molecular weight excluding hydrogens is 144 g/mol. The first-order chi connectivity index (χ1) is 5.31. The monoisotopic (exact) mass is 158 g/mol. The lowest BCUT2D eigenvalue weighted by Crippen LogP contribution is -1.94. The summed E-state index contributed by atoms with van der Waals surface area (Å²) >= 11 is 0. The lowest BCUT2D eigenvalue weighted by molar-refractivity contribution is -0.134. The number of methoxy groups -OCH3 is 1. The molecule has 0 amide bonds. The van der Waals surface area contributed by atoms with E-state index in [1.165, 1.54) is 19.4 Å². The Morgan fingerprint density at radius 1 is 1.55 bits per heavy atom. The third-order valence-electron chi connectivity index (χ3n) is 1.12. The summed E-state index contributed by atoms with van der Waals surface area (Å²) in [7, 11) is 1.33. The molecule has 0 radical (unpaired) electrons. The van der Waals surface area contributed by atoms with Crippen molar-refractivity contribution in [1.82, 2.24) is 0 Å². The van der Waals surface area contributed by atoms with Gasteiger partial charge in [0.05, 0.1) is 26.1 Å². The standard InChI is InChI=1S/C8H14O3/c1-3-4-6-11-7-5-8(9)10-2/h5,7H,3-4,6H2,1-2H3/b7-5+. The minimum absolute atomic E-state index is 0.388. The maximum Gasteiger partial charge on any atom is 0.333 e. The highest BCUT2D eigenvalue weighted by Gasteiger charge is 1.88. The van der Waals surface area contributed by atoms with E-state index in [-0.39, 0.29) is 5.97 Å². The fourth-order valence-electron chi connectivity index (χ4n) is 0.467. The molecule has 0 rings (SSSR count). The number of esters is 1. The van der Waals surface area contributed by atoms with Gasteiger partial charge in [-0.1, -0.05) is 13.3 Å². The van der Waals surface area contributed by atoms with E-state index in [1.807, 2.05) is 0 Å². The normalized spacial score (nSPS) is 10.0. The van der Waals surface area contributed by atoms with Gasteiger partial charge in [-0.05, 0) is 6.42 Å². The maximum atomic E-state index is 10.5. The van der Waals surface area contributed by atoms with Crippen molar-refractivity contribution >= 4 is 5.97 Å². The van der Waals surface area contributed by atoms with E-state index < -0.39 is 0 Å². The van der Waals surface area contributed by atoms with Gasteiger partial charge in [0, 0.05) is 0 Å². The minimum Gasteiger partial charge on any atom is -0.501 e. The first-order valence-electron chi connectivity index (χ1n) is 3.67. The van der Waals surface area contributed by atoms with Gasteiger partial charge in [0.2, 0.25) is 0 Å². The molecule has 0 atom stereocenters. The summed E-state index contributed by atoms with van der Waals surface area (Å²) in [4.78, 5) is 10.5. The molecule has 0 aliphatic rings. The highest BCUT2D eigenvalue weighted by molar-refractivity contribution is 5.81. The predicted octanol–water partition coefficient (Wildman–Crippen LogP) is 1.49. The van der Waals surface area contributed by atoms with Gasteiger partial charge in [0.1, 0.15) is 0 Å². The average molecular weight is 158 g/mol. The average Bonchev–Trinajstić information content (AvgIpc) is 2.04. The molecule has 64 valence electrons. The van der Waals surface area contributed by atoms with Crippen LogP contribution < -0.4 is 0 Å². The molecule has 0 bridgehead atoms. The maximum absolute atomic E-state index is 10.5. The zero-order valence-electron chi connectivity index (χ0n) is 7.00. The van der Waals surface area contributed by atoms with Crippen LogP contribution in [-0.4, -0.2) is 19.7 Å². The van der Waals surface area contributed by atoms with Gasteiger partial charge in [0.15, 0.2) is 0 Å². The Balaban J connectivity index is 3.22. The Labute approximate surface area is 67.0 Å². The van der Waals surface area contributed by atoms with Gasteiger partial charge in [-0.25, -0.2) is 4.79 Å². The zero-order valence-corrected chi connectivity index (χ0v) is 7.00. The third kappa shape index (κ3) is 6.90. The van der Waals surface area contributed by atoms with Crippen LogP contribution in [0.15, 0.2) is 12.3 Å². The highest BCUT2D eigenvalue weighted by atomic mass is 16.5. The van der Waals surface area contributed by atoms with Gasteiger partial charge in [0.25, 0.3) is 0 Å². The van der Waals surface area contributed by atoms with Crippen LogP contribution in [0.1, 0.15) is 19.8 Å². The molecule has 0 aliphatic heterocycles. The van der Waals surface area contributed by atoms with Crippen molar-refractivity contribution in [1.29, 1.82) is 0 Å². The van der Waals surface area contributed by atoms with Crippen molar-refractivity contribution in [2.75, 3.05) is 13.7 Å². The van der Waals surface area contributed by atoms with Crippen LogP contribution in [0.4, 0.5) is 0 Å². The van der Waals surface area contributed by atoms with Crippen molar-refractivity contribution in [3.05, 3.63) is 12.3 Å². The molecule has 0 aliphatic carbocycles. The highest BCUT2D eigenvalue weighted by Crippen LogP contribution is 1.88. The van der Waals surface area contributed by atoms with Crippen molar-refractivity contribution in [3.63, 3.8) is 0 Å². The number of unbranched alkanes of at least 4 members (excludes halogenated alkanes) is 1. The summed E-state index contributed by atoms with van der Waals surface area (Å²) in [5.74, 6) is -0.388. The number of rotatable bonds is 5. The van der Waals surface area contributed by atoms with Gasteiger partial charge in [-0.15, -0.1) is 0 Å². The first kappa shape index (κ1) is 10.0. The van der Waals surface area contributed by atoms with E-state index in [1.54, 1.807) is 0 Å². The fraction of sp³-hybridized carbons (Fsp3) is 0.625. The topological polar surface area (TPSA) is 35.5 Å². The Morgan fingerprint density at radius 3 is 2.82 bits per heavy atom. The third-order valence-corrected chi connectivity index (χ3v) is 1.12. The second kappa shape index (κ2) is 7.12. The van der Waals surface area contributed by atoms with Crippen LogP contribution in [0, 0.1) is 0 Å². The van der Waals surface area contributed by atoms with Crippen LogP contribution in [-0.2, 0) is 14.3 Å². The summed E-state index contributed by atoms with van der Waals surface area (Å²) in [5.41, 5.74) is 0. The van der Waals surface area contributed by atoms with E-state index in [0.717, 1.165) is 12.8 Å². The largest absolute Gasteiger partial charge is 0.501 e. The van der Waals surface area contributed by atoms with E-state index in [4.69, 9.17) is 4.74 Å². The quantitative estimate of drug-likeness (QED) is 0.263. The Morgan fingerprint density at radius 2 is 2.27 bits per heavy atom. The summed E-state index contributed by atoms with van der Waals surface area (Å²) in [6.45, 7) is 2.73. The molecule has 0 aromatic rings. The number of carbonyl (C=O) groups is 1. The molecule has 0 fully saturated rings. The number of ether oxygens (including phenoxy) is 2. The molecule has 0 aromatic heterocycles. The van der Waals surface area contributed by atoms with Crippen LogP contribution in [0.25, 0.3) is 0 Å². The molecular formula is C8H14O3. The number of carbonyl (C=O) groups excluding carboxylic acids is 1. The molecule has 0 N–H and O–H groups in total.